The fraction of sp³-hybridized carbons (Fsp3) is 0.652. The highest BCUT2D eigenvalue weighted by Gasteiger charge is 2.28. The first-order chi connectivity index (χ1) is 12.9. The second-order valence-electron chi connectivity index (χ2n) is 9.08. The highest BCUT2D eigenvalue weighted by Crippen LogP contribution is 2.29. The second-order valence-corrected chi connectivity index (χ2v) is 9.08. The lowest BCUT2D eigenvalue weighted by molar-refractivity contribution is -0.539. The van der Waals surface area contributed by atoms with Crippen molar-refractivity contribution in [3.8, 4) is 5.75 Å². The van der Waals surface area contributed by atoms with E-state index in [4.69, 9.17) is 0 Å². The van der Waals surface area contributed by atoms with Gasteiger partial charge in [0.15, 0.2) is 0 Å². The van der Waals surface area contributed by atoms with Crippen LogP contribution >= 0.6 is 0 Å². The number of carbonyl (C=O) groups is 1. The van der Waals surface area contributed by atoms with E-state index in [0.717, 1.165) is 37.1 Å². The largest absolute Gasteiger partial charge is 0.872 e. The first-order valence-corrected chi connectivity index (χ1v) is 10.6. The molecule has 2 aliphatic heterocycles. The van der Waals surface area contributed by atoms with Crippen molar-refractivity contribution in [1.29, 1.82) is 0 Å². The van der Waals surface area contributed by atoms with E-state index in [9.17, 15) is 9.90 Å². The summed E-state index contributed by atoms with van der Waals surface area (Å²) >= 11 is 0. The lowest BCUT2D eigenvalue weighted by atomic mass is 9.84. The van der Waals surface area contributed by atoms with Gasteiger partial charge in [-0.05, 0) is 49.1 Å². The number of hydrogen-bond donors (Lipinski definition) is 0. The molecule has 0 fully saturated rings. The molecule has 1 aromatic carbocycles. The molecule has 1 aromatic rings. The van der Waals surface area contributed by atoms with Crippen LogP contribution in [0.4, 0.5) is 0 Å². The fourth-order valence-corrected chi connectivity index (χ4v) is 4.35. The number of hydrogen-bond acceptors (Lipinski definition) is 3. The van der Waals surface area contributed by atoms with Crippen LogP contribution in [0, 0.1) is 0 Å². The van der Waals surface area contributed by atoms with Gasteiger partial charge in [-0.2, -0.15) is 0 Å². The summed E-state index contributed by atoms with van der Waals surface area (Å²) in [5.74, 6) is 1.44. The third-order valence-corrected chi connectivity index (χ3v) is 5.98. The van der Waals surface area contributed by atoms with E-state index in [1.54, 1.807) is 6.07 Å². The molecule has 27 heavy (non-hydrogen) atoms. The van der Waals surface area contributed by atoms with Crippen LogP contribution in [0.2, 0.25) is 0 Å². The molecule has 4 nitrogen and oxygen atoms in total. The predicted octanol–water partition coefficient (Wildman–Crippen LogP) is 3.49. The van der Waals surface area contributed by atoms with Crippen molar-refractivity contribution in [1.82, 2.24) is 4.90 Å². The van der Waals surface area contributed by atoms with Crippen LogP contribution in [0.1, 0.15) is 80.8 Å². The molecule has 2 aliphatic rings. The van der Waals surface area contributed by atoms with Gasteiger partial charge in [0.1, 0.15) is 6.29 Å². The zero-order chi connectivity index (χ0) is 19.4. The molecule has 0 aliphatic carbocycles. The minimum atomic E-state index is -0.0830. The molecular weight excluding hydrogens is 336 g/mol. The lowest BCUT2D eigenvalue weighted by Gasteiger charge is -2.27. The molecule has 2 heterocycles. The normalized spacial score (nSPS) is 18.3. The first kappa shape index (κ1) is 19.9. The van der Waals surface area contributed by atoms with Crippen LogP contribution in [-0.2, 0) is 11.8 Å². The number of rotatable bonds is 5. The minimum absolute atomic E-state index is 0.0657. The van der Waals surface area contributed by atoms with E-state index in [0.29, 0.717) is 11.8 Å². The topological polar surface area (TPSA) is 46.4 Å². The maximum absolute atomic E-state index is 12.6. The van der Waals surface area contributed by atoms with Gasteiger partial charge in [0.05, 0.1) is 26.2 Å². The Kier molecular flexibility index (Phi) is 6.23. The molecule has 0 spiro atoms. The number of amidine groups is 1. The van der Waals surface area contributed by atoms with Gasteiger partial charge in [0, 0.05) is 18.4 Å². The lowest BCUT2D eigenvalue weighted by Crippen LogP contribution is -2.44. The third-order valence-electron chi connectivity index (χ3n) is 5.98. The quantitative estimate of drug-likeness (QED) is 0.589. The molecule has 148 valence electrons. The zero-order valence-electron chi connectivity index (χ0n) is 17.2. The first-order valence-electron chi connectivity index (χ1n) is 10.6. The average Bonchev–Trinajstić information content (AvgIpc) is 2.88. The summed E-state index contributed by atoms with van der Waals surface area (Å²) in [5, 5.41) is 12.6. The number of nitrogens with zero attached hydrogens (tertiary/aromatic N) is 2. The summed E-state index contributed by atoms with van der Waals surface area (Å²) in [5.41, 5.74) is 2.11. The van der Waals surface area contributed by atoms with E-state index >= 15 is 0 Å². The Bertz CT molecular complexity index is 716. The standard InChI is InChI=1S/C23H34N2O2/c1-23(2,3)20-15-18(22(27)19(16-20)17-26)9-7-12-25-14-8-13-24-11-6-4-5-10-21(24)25/h15-17H,4-14H2,1-3H3. The van der Waals surface area contributed by atoms with Crippen molar-refractivity contribution in [3.63, 3.8) is 0 Å². The summed E-state index contributed by atoms with van der Waals surface area (Å²) in [6.07, 6.45) is 8.78. The SMILES string of the molecule is CC(C)(C)c1cc(C=O)c([O-])c(CCCN2CCC[N+]3=C2CCCCC3)c1. The Labute approximate surface area is 163 Å². The molecule has 4 heteroatoms. The predicted molar refractivity (Wildman–Crippen MR) is 108 cm³/mol. The molecule has 0 aromatic heterocycles. The van der Waals surface area contributed by atoms with Crippen LogP contribution in [0.25, 0.3) is 0 Å². The number of benzene rings is 1. The van der Waals surface area contributed by atoms with Gasteiger partial charge < -0.3 is 5.11 Å². The maximum atomic E-state index is 12.6. The van der Waals surface area contributed by atoms with Gasteiger partial charge in [-0.15, -0.1) is 0 Å². The summed E-state index contributed by atoms with van der Waals surface area (Å²) < 4.78 is 2.58. The molecule has 0 radical (unpaired) electrons. The van der Waals surface area contributed by atoms with Crippen LogP contribution < -0.4 is 5.11 Å². The third kappa shape index (κ3) is 4.72. The van der Waals surface area contributed by atoms with Crippen LogP contribution in [-0.4, -0.2) is 47.8 Å². The fourth-order valence-electron chi connectivity index (χ4n) is 4.35. The van der Waals surface area contributed by atoms with Crippen molar-refractivity contribution >= 4 is 12.1 Å². The Morgan fingerprint density at radius 3 is 2.67 bits per heavy atom. The summed E-state index contributed by atoms with van der Waals surface area (Å²) in [6, 6.07) is 3.79. The van der Waals surface area contributed by atoms with Crippen LogP contribution in [0.5, 0.6) is 5.75 Å². The Balaban J connectivity index is 1.70. The molecule has 0 atom stereocenters. The smallest absolute Gasteiger partial charge is 0.246 e. The molecule has 0 N–H and O–H groups in total. The highest BCUT2D eigenvalue weighted by atomic mass is 16.3. The van der Waals surface area contributed by atoms with Gasteiger partial charge in [0.2, 0.25) is 5.84 Å². The van der Waals surface area contributed by atoms with E-state index in [2.05, 4.69) is 30.2 Å². The van der Waals surface area contributed by atoms with Gasteiger partial charge in [-0.1, -0.05) is 38.2 Å². The van der Waals surface area contributed by atoms with Crippen molar-refractivity contribution in [2.75, 3.05) is 26.2 Å². The van der Waals surface area contributed by atoms with Crippen molar-refractivity contribution in [2.45, 2.75) is 71.1 Å². The molecule has 0 amide bonds. The van der Waals surface area contributed by atoms with Crippen LogP contribution in [0.3, 0.4) is 0 Å². The van der Waals surface area contributed by atoms with Crippen molar-refractivity contribution in [2.24, 2.45) is 0 Å². The number of carbonyl (C=O) groups excluding carboxylic acids is 1. The Hall–Kier alpha value is -1.84. The van der Waals surface area contributed by atoms with E-state index in [1.165, 1.54) is 51.0 Å². The molecule has 0 saturated carbocycles. The Morgan fingerprint density at radius 1 is 1.15 bits per heavy atom. The van der Waals surface area contributed by atoms with Gasteiger partial charge in [0.25, 0.3) is 0 Å². The maximum Gasteiger partial charge on any atom is 0.246 e. The average molecular weight is 371 g/mol. The highest BCUT2D eigenvalue weighted by molar-refractivity contribution is 5.80. The molecule has 3 rings (SSSR count). The molecule has 0 saturated heterocycles. The summed E-state index contributed by atoms with van der Waals surface area (Å²) in [6.45, 7) is 10.9. The van der Waals surface area contributed by atoms with Gasteiger partial charge in [-0.3, -0.25) is 14.3 Å². The van der Waals surface area contributed by atoms with Gasteiger partial charge >= 0.3 is 0 Å². The minimum Gasteiger partial charge on any atom is -0.872 e. The van der Waals surface area contributed by atoms with Crippen LogP contribution in [0.15, 0.2) is 12.1 Å². The molecule has 0 unspecified atom stereocenters. The molecule has 0 bridgehead atoms. The zero-order valence-corrected chi connectivity index (χ0v) is 17.2. The van der Waals surface area contributed by atoms with E-state index in [-0.39, 0.29) is 11.2 Å². The van der Waals surface area contributed by atoms with Crippen molar-refractivity contribution in [3.05, 3.63) is 28.8 Å². The number of aldehydes is 1. The van der Waals surface area contributed by atoms with Crippen molar-refractivity contribution < 1.29 is 14.5 Å². The van der Waals surface area contributed by atoms with E-state index < -0.39 is 0 Å². The van der Waals surface area contributed by atoms with E-state index in [1.807, 2.05) is 6.07 Å². The second kappa shape index (κ2) is 8.45. The molecular formula is C23H34N2O2. The van der Waals surface area contributed by atoms with Gasteiger partial charge in [-0.25, -0.2) is 0 Å². The summed E-state index contributed by atoms with van der Waals surface area (Å²) in [4.78, 5) is 13.9. The summed E-state index contributed by atoms with van der Waals surface area (Å²) in [7, 11) is 0. The monoisotopic (exact) mass is 370 g/mol. The Morgan fingerprint density at radius 2 is 1.93 bits per heavy atom. The number of aryl methyl sites for hydroxylation is 1.